The zero-order valence-corrected chi connectivity index (χ0v) is 13.2. The second-order valence-electron chi connectivity index (χ2n) is 4.81. The lowest BCUT2D eigenvalue weighted by atomic mass is 10.2. The second-order valence-corrected chi connectivity index (χ2v) is 5.66. The molecule has 2 rings (SSSR count). The monoisotopic (exact) mass is 342 g/mol. The molecule has 0 atom stereocenters. The highest BCUT2D eigenvalue weighted by Crippen LogP contribution is 2.36. The summed E-state index contributed by atoms with van der Waals surface area (Å²) < 4.78 is 11.2. The van der Waals surface area contributed by atoms with Crippen LogP contribution in [-0.4, -0.2) is 33.2 Å². The number of ether oxygens (including phenoxy) is 2. The number of halogens is 1. The van der Waals surface area contributed by atoms with Crippen LogP contribution < -0.4 is 20.1 Å². The number of methoxy groups -OCH3 is 2. The standard InChI is InChI=1S/C14H19BrN2O3/c1-19-12-5-10(15)11(6-13(12)20-2)17-14(18)8-16-7-9-3-4-9/h5-6,9,16H,3-4,7-8H2,1-2H3,(H,17,18). The number of hydrogen-bond donors (Lipinski definition) is 2. The Kier molecular flexibility index (Phi) is 5.25. The van der Waals surface area contributed by atoms with Crippen LogP contribution in [0.15, 0.2) is 16.6 Å². The van der Waals surface area contributed by atoms with Crippen molar-refractivity contribution < 1.29 is 14.3 Å². The van der Waals surface area contributed by atoms with Gasteiger partial charge in [-0.3, -0.25) is 4.79 Å². The fraction of sp³-hybridized carbons (Fsp3) is 0.500. The molecule has 5 nitrogen and oxygen atoms in total. The van der Waals surface area contributed by atoms with Gasteiger partial charge in [0.1, 0.15) is 0 Å². The fourth-order valence-corrected chi connectivity index (χ4v) is 2.28. The Labute approximate surface area is 127 Å². The molecule has 0 unspecified atom stereocenters. The van der Waals surface area contributed by atoms with E-state index in [0.29, 0.717) is 23.7 Å². The van der Waals surface area contributed by atoms with E-state index in [2.05, 4.69) is 26.6 Å². The highest BCUT2D eigenvalue weighted by molar-refractivity contribution is 9.10. The molecule has 0 aliphatic heterocycles. The highest BCUT2D eigenvalue weighted by atomic mass is 79.9. The molecule has 1 fully saturated rings. The first-order valence-corrected chi connectivity index (χ1v) is 7.35. The minimum absolute atomic E-state index is 0.0708. The first-order chi connectivity index (χ1) is 9.63. The van der Waals surface area contributed by atoms with E-state index in [1.165, 1.54) is 12.8 Å². The summed E-state index contributed by atoms with van der Waals surface area (Å²) in [5.74, 6) is 1.88. The molecule has 110 valence electrons. The van der Waals surface area contributed by atoms with Crippen molar-refractivity contribution in [2.45, 2.75) is 12.8 Å². The summed E-state index contributed by atoms with van der Waals surface area (Å²) in [5, 5.41) is 6.00. The van der Waals surface area contributed by atoms with Crippen molar-refractivity contribution in [3.63, 3.8) is 0 Å². The minimum atomic E-state index is -0.0708. The van der Waals surface area contributed by atoms with Crippen LogP contribution in [0.1, 0.15) is 12.8 Å². The average molecular weight is 343 g/mol. The van der Waals surface area contributed by atoms with Crippen molar-refractivity contribution in [1.29, 1.82) is 0 Å². The Bertz CT molecular complexity index is 490. The number of benzene rings is 1. The van der Waals surface area contributed by atoms with Crippen LogP contribution in [0.25, 0.3) is 0 Å². The van der Waals surface area contributed by atoms with Gasteiger partial charge in [0.05, 0.1) is 26.5 Å². The molecule has 1 aliphatic carbocycles. The van der Waals surface area contributed by atoms with Crippen molar-refractivity contribution in [2.75, 3.05) is 32.6 Å². The van der Waals surface area contributed by atoms with Crippen LogP contribution in [0.3, 0.4) is 0 Å². The molecule has 0 heterocycles. The summed E-state index contributed by atoms with van der Waals surface area (Å²) in [4.78, 5) is 11.9. The van der Waals surface area contributed by atoms with Crippen LogP contribution in [0.5, 0.6) is 11.5 Å². The number of rotatable bonds is 7. The third kappa shape index (κ3) is 4.11. The molecule has 1 aromatic carbocycles. The van der Waals surface area contributed by atoms with Crippen LogP contribution in [0, 0.1) is 5.92 Å². The zero-order valence-electron chi connectivity index (χ0n) is 11.7. The number of carbonyl (C=O) groups excluding carboxylic acids is 1. The molecule has 0 aromatic heterocycles. The van der Waals surface area contributed by atoms with Crippen molar-refractivity contribution in [3.05, 3.63) is 16.6 Å². The molecule has 20 heavy (non-hydrogen) atoms. The van der Waals surface area contributed by atoms with E-state index < -0.39 is 0 Å². The maximum absolute atomic E-state index is 11.9. The number of nitrogens with one attached hydrogen (secondary N) is 2. The highest BCUT2D eigenvalue weighted by Gasteiger charge is 2.20. The Morgan fingerprint density at radius 2 is 1.95 bits per heavy atom. The van der Waals surface area contributed by atoms with Crippen molar-refractivity contribution in [1.82, 2.24) is 5.32 Å². The Morgan fingerprint density at radius 1 is 1.30 bits per heavy atom. The van der Waals surface area contributed by atoms with Gasteiger partial charge in [-0.05, 0) is 41.2 Å². The summed E-state index contributed by atoms with van der Waals surface area (Å²) in [6.45, 7) is 1.23. The third-order valence-corrected chi connectivity index (χ3v) is 3.82. The van der Waals surface area contributed by atoms with Crippen molar-refractivity contribution >= 4 is 27.5 Å². The quantitative estimate of drug-likeness (QED) is 0.798. The Hall–Kier alpha value is -1.27. The zero-order chi connectivity index (χ0) is 14.5. The number of hydrogen-bond acceptors (Lipinski definition) is 4. The first-order valence-electron chi connectivity index (χ1n) is 6.56. The molecule has 1 aliphatic rings. The maximum Gasteiger partial charge on any atom is 0.238 e. The van der Waals surface area contributed by atoms with Gasteiger partial charge in [0, 0.05) is 16.6 Å². The van der Waals surface area contributed by atoms with Gasteiger partial charge in [0.25, 0.3) is 0 Å². The van der Waals surface area contributed by atoms with Crippen LogP contribution in [0.4, 0.5) is 5.69 Å². The molecule has 0 spiro atoms. The molecular weight excluding hydrogens is 324 g/mol. The summed E-state index contributed by atoms with van der Waals surface area (Å²) in [6.07, 6.45) is 2.55. The van der Waals surface area contributed by atoms with Crippen molar-refractivity contribution in [2.24, 2.45) is 5.92 Å². The molecule has 6 heteroatoms. The summed E-state index contributed by atoms with van der Waals surface area (Å²) in [7, 11) is 3.14. The minimum Gasteiger partial charge on any atom is -0.493 e. The predicted molar refractivity (Wildman–Crippen MR) is 81.5 cm³/mol. The molecule has 0 radical (unpaired) electrons. The lowest BCUT2D eigenvalue weighted by molar-refractivity contribution is -0.115. The predicted octanol–water partition coefficient (Wildman–Crippen LogP) is 2.40. The van der Waals surface area contributed by atoms with E-state index in [0.717, 1.165) is 16.9 Å². The van der Waals surface area contributed by atoms with Gasteiger partial charge >= 0.3 is 0 Å². The van der Waals surface area contributed by atoms with Gasteiger partial charge in [-0.2, -0.15) is 0 Å². The largest absolute Gasteiger partial charge is 0.493 e. The van der Waals surface area contributed by atoms with Crippen LogP contribution in [0.2, 0.25) is 0 Å². The van der Waals surface area contributed by atoms with Gasteiger partial charge in [-0.25, -0.2) is 0 Å². The first kappa shape index (κ1) is 15.1. The van der Waals surface area contributed by atoms with Gasteiger partial charge in [-0.1, -0.05) is 0 Å². The summed E-state index contributed by atoms with van der Waals surface area (Å²) in [5.41, 5.74) is 0.667. The van der Waals surface area contributed by atoms with Gasteiger partial charge in [0.15, 0.2) is 11.5 Å². The SMILES string of the molecule is COc1cc(Br)c(NC(=O)CNCC2CC2)cc1OC. The molecule has 1 aromatic rings. The van der Waals surface area contributed by atoms with Crippen LogP contribution >= 0.6 is 15.9 Å². The van der Waals surface area contributed by atoms with Gasteiger partial charge < -0.3 is 20.1 Å². The van der Waals surface area contributed by atoms with Crippen molar-refractivity contribution in [3.8, 4) is 11.5 Å². The van der Waals surface area contributed by atoms with E-state index in [1.54, 1.807) is 26.4 Å². The maximum atomic E-state index is 11.9. The molecule has 1 saturated carbocycles. The fourth-order valence-electron chi connectivity index (χ4n) is 1.86. The lowest BCUT2D eigenvalue weighted by Crippen LogP contribution is -2.29. The van der Waals surface area contributed by atoms with E-state index in [4.69, 9.17) is 9.47 Å². The average Bonchev–Trinajstić information content (AvgIpc) is 3.24. The Morgan fingerprint density at radius 3 is 2.55 bits per heavy atom. The number of carbonyl (C=O) groups is 1. The van der Waals surface area contributed by atoms with E-state index in [-0.39, 0.29) is 5.91 Å². The van der Waals surface area contributed by atoms with E-state index >= 15 is 0 Å². The molecular formula is C14H19BrN2O3. The third-order valence-electron chi connectivity index (χ3n) is 3.16. The molecule has 1 amide bonds. The van der Waals surface area contributed by atoms with Crippen LogP contribution in [-0.2, 0) is 4.79 Å². The van der Waals surface area contributed by atoms with E-state index in [9.17, 15) is 4.79 Å². The molecule has 2 N–H and O–H groups in total. The van der Waals surface area contributed by atoms with Gasteiger partial charge in [0.2, 0.25) is 5.91 Å². The normalized spacial score (nSPS) is 13.9. The number of amides is 1. The lowest BCUT2D eigenvalue weighted by Gasteiger charge is -2.13. The summed E-state index contributed by atoms with van der Waals surface area (Å²) in [6, 6.07) is 3.51. The molecule has 0 saturated heterocycles. The second kappa shape index (κ2) is 6.95. The number of anilines is 1. The Balaban J connectivity index is 1.94. The van der Waals surface area contributed by atoms with E-state index in [1.807, 2.05) is 0 Å². The van der Waals surface area contributed by atoms with Gasteiger partial charge in [-0.15, -0.1) is 0 Å². The molecule has 0 bridgehead atoms. The smallest absolute Gasteiger partial charge is 0.238 e. The summed E-state index contributed by atoms with van der Waals surface area (Å²) >= 11 is 3.41. The topological polar surface area (TPSA) is 59.6 Å².